The summed E-state index contributed by atoms with van der Waals surface area (Å²) in [6.07, 6.45) is 2.99. The van der Waals surface area contributed by atoms with Crippen LogP contribution in [-0.4, -0.2) is 20.8 Å². The molecule has 9 nitrogen and oxygen atoms in total. The molecular formula is C21H28N6O3. The third-order valence-corrected chi connectivity index (χ3v) is 4.48. The van der Waals surface area contributed by atoms with Crippen molar-refractivity contribution in [3.05, 3.63) is 65.0 Å². The number of fused-ring (bicyclic) bond motifs is 1. The number of carbonyl (C=O) groups excluding carboxylic acids is 1. The molecule has 0 atom stereocenters. The van der Waals surface area contributed by atoms with Crippen LogP contribution >= 0.6 is 0 Å². The van der Waals surface area contributed by atoms with Crippen molar-refractivity contribution in [3.63, 3.8) is 0 Å². The lowest BCUT2D eigenvalue weighted by molar-refractivity contribution is -0.384. The Hall–Kier alpha value is -3.75. The smallest absolute Gasteiger partial charge is 0.329 e. The van der Waals surface area contributed by atoms with Gasteiger partial charge >= 0.3 is 5.69 Å². The Balaban J connectivity index is 0.00000146. The summed E-state index contributed by atoms with van der Waals surface area (Å²) in [5.74, 6) is 0.218. The Kier molecular flexibility index (Phi) is 7.80. The molecular weight excluding hydrogens is 384 g/mol. The van der Waals surface area contributed by atoms with E-state index in [1.165, 1.54) is 0 Å². The maximum absolute atomic E-state index is 12.1. The van der Waals surface area contributed by atoms with Crippen molar-refractivity contribution < 1.29 is 9.72 Å². The fourth-order valence-corrected chi connectivity index (χ4v) is 2.72. The van der Waals surface area contributed by atoms with Crippen LogP contribution < -0.4 is 16.0 Å². The molecule has 2 aromatic rings. The highest BCUT2D eigenvalue weighted by molar-refractivity contribution is 6.06. The number of anilines is 4. The summed E-state index contributed by atoms with van der Waals surface area (Å²) in [7, 11) is 0. The number of rotatable bonds is 5. The monoisotopic (exact) mass is 412 g/mol. The van der Waals surface area contributed by atoms with Gasteiger partial charge in [0.05, 0.1) is 10.3 Å². The molecule has 2 heterocycles. The summed E-state index contributed by atoms with van der Waals surface area (Å²) >= 11 is 0. The van der Waals surface area contributed by atoms with E-state index in [0.717, 1.165) is 17.5 Å². The van der Waals surface area contributed by atoms with Crippen molar-refractivity contribution >= 4 is 34.7 Å². The number of aromatic nitrogens is 2. The minimum atomic E-state index is -0.615. The molecule has 0 saturated carbocycles. The largest absolute Gasteiger partial charge is 0.334 e. The first kappa shape index (κ1) is 24.3. The van der Waals surface area contributed by atoms with Crippen molar-refractivity contribution in [2.45, 2.75) is 40.5 Å². The maximum Gasteiger partial charge on any atom is 0.329 e. The Morgan fingerprint density at radius 3 is 2.60 bits per heavy atom. The molecule has 1 aliphatic rings. The number of hydrogen-bond acceptors (Lipinski definition) is 7. The Labute approximate surface area is 176 Å². The van der Waals surface area contributed by atoms with E-state index in [4.69, 9.17) is 0 Å². The molecule has 0 fully saturated rings. The van der Waals surface area contributed by atoms with Gasteiger partial charge < -0.3 is 16.0 Å². The van der Waals surface area contributed by atoms with Crippen LogP contribution in [0.2, 0.25) is 0 Å². The molecule has 9 heteroatoms. The normalized spacial score (nSPS) is 13.7. The topological polar surface area (TPSA) is 122 Å². The van der Waals surface area contributed by atoms with Gasteiger partial charge in [0, 0.05) is 17.1 Å². The lowest BCUT2D eigenvalue weighted by Gasteiger charge is -2.15. The number of amides is 1. The number of nitrogens with zero attached hydrogens (tertiary/aromatic N) is 3. The summed E-state index contributed by atoms with van der Waals surface area (Å²) in [6, 6.07) is 5.32. The second kappa shape index (κ2) is 9.64. The zero-order valence-electron chi connectivity index (χ0n) is 16.9. The van der Waals surface area contributed by atoms with Crippen LogP contribution in [0.5, 0.6) is 0 Å². The Morgan fingerprint density at radius 2 is 2.00 bits per heavy atom. The number of carbonyl (C=O) groups is 1. The third kappa shape index (κ3) is 4.80. The predicted octanol–water partition coefficient (Wildman–Crippen LogP) is 5.13. The number of allylic oxidation sites excluding steroid dienone is 2. The average molecular weight is 412 g/mol. The lowest BCUT2D eigenvalue weighted by atomic mass is 9.86. The molecule has 0 saturated heterocycles. The lowest BCUT2D eigenvalue weighted by Crippen LogP contribution is -2.26. The SMILES string of the molecule is C.C/C=C(\C)Nc1ncc([N+](=O)[O-])c(Nc2ccc3c(c2)NC(=O)C3(C)C)n1.C=C. The number of hydrogen-bond donors (Lipinski definition) is 3. The summed E-state index contributed by atoms with van der Waals surface area (Å²) in [5, 5.41) is 20.1. The van der Waals surface area contributed by atoms with Gasteiger partial charge in [-0.15, -0.1) is 13.2 Å². The van der Waals surface area contributed by atoms with E-state index in [2.05, 4.69) is 39.1 Å². The van der Waals surface area contributed by atoms with Crippen molar-refractivity contribution in [1.29, 1.82) is 0 Å². The van der Waals surface area contributed by atoms with Crippen molar-refractivity contribution in [2.24, 2.45) is 0 Å². The van der Waals surface area contributed by atoms with Gasteiger partial charge in [0.2, 0.25) is 17.7 Å². The van der Waals surface area contributed by atoms with E-state index in [-0.39, 0.29) is 30.8 Å². The van der Waals surface area contributed by atoms with Gasteiger partial charge in [0.25, 0.3) is 0 Å². The molecule has 1 aromatic heterocycles. The summed E-state index contributed by atoms with van der Waals surface area (Å²) in [5.41, 5.74) is 2.08. The molecule has 0 radical (unpaired) electrons. The molecule has 0 spiro atoms. The quantitative estimate of drug-likeness (QED) is 0.353. The van der Waals surface area contributed by atoms with Crippen LogP contribution in [0.25, 0.3) is 0 Å². The molecule has 3 N–H and O–H groups in total. The van der Waals surface area contributed by atoms with E-state index in [9.17, 15) is 14.9 Å². The second-order valence-corrected chi connectivity index (χ2v) is 6.75. The highest BCUT2D eigenvalue weighted by Crippen LogP contribution is 2.39. The van der Waals surface area contributed by atoms with E-state index in [0.29, 0.717) is 11.4 Å². The summed E-state index contributed by atoms with van der Waals surface area (Å²) in [4.78, 5) is 31.0. The Morgan fingerprint density at radius 1 is 1.33 bits per heavy atom. The van der Waals surface area contributed by atoms with Gasteiger partial charge in [-0.3, -0.25) is 14.9 Å². The molecule has 1 aromatic carbocycles. The minimum absolute atomic E-state index is 0. The summed E-state index contributed by atoms with van der Waals surface area (Å²) < 4.78 is 0. The van der Waals surface area contributed by atoms with E-state index < -0.39 is 10.3 Å². The zero-order chi connectivity index (χ0) is 21.8. The second-order valence-electron chi connectivity index (χ2n) is 6.75. The van der Waals surface area contributed by atoms with E-state index in [1.807, 2.05) is 39.8 Å². The molecule has 0 aliphatic carbocycles. The molecule has 1 amide bonds. The minimum Gasteiger partial charge on any atom is -0.334 e. The first-order valence-corrected chi connectivity index (χ1v) is 8.86. The standard InChI is InChI=1S/C18H20N6O3.C2H4.CH4/c1-5-10(2)20-17-19-9-14(24(26)27)15(23-17)21-11-6-7-12-13(8-11)22-16(25)18(12,3)4;1-2;/h5-9H,1-4H3,(H,22,25)(H2,19,20,21,23);1-2H2;1H4/b10-5+;;. The van der Waals surface area contributed by atoms with Gasteiger partial charge in [-0.05, 0) is 45.4 Å². The van der Waals surface area contributed by atoms with Gasteiger partial charge in [-0.2, -0.15) is 4.98 Å². The van der Waals surface area contributed by atoms with Crippen LogP contribution in [0.4, 0.5) is 28.8 Å². The van der Waals surface area contributed by atoms with Crippen LogP contribution in [-0.2, 0) is 10.2 Å². The van der Waals surface area contributed by atoms with Crippen molar-refractivity contribution in [3.8, 4) is 0 Å². The average Bonchev–Trinajstić information content (AvgIpc) is 2.91. The van der Waals surface area contributed by atoms with Crippen LogP contribution in [0.1, 0.15) is 40.7 Å². The first-order valence-electron chi connectivity index (χ1n) is 8.86. The summed E-state index contributed by atoms with van der Waals surface area (Å²) in [6.45, 7) is 13.4. The van der Waals surface area contributed by atoms with Crippen LogP contribution in [0.15, 0.2) is 49.3 Å². The van der Waals surface area contributed by atoms with E-state index >= 15 is 0 Å². The highest BCUT2D eigenvalue weighted by atomic mass is 16.6. The number of nitrogens with one attached hydrogen (secondary N) is 3. The van der Waals surface area contributed by atoms with Crippen LogP contribution in [0, 0.1) is 10.1 Å². The van der Waals surface area contributed by atoms with Gasteiger partial charge in [-0.25, -0.2) is 4.98 Å². The fourth-order valence-electron chi connectivity index (χ4n) is 2.72. The van der Waals surface area contributed by atoms with Crippen molar-refractivity contribution in [1.82, 2.24) is 9.97 Å². The first-order chi connectivity index (χ1) is 13.7. The molecule has 30 heavy (non-hydrogen) atoms. The predicted molar refractivity (Wildman–Crippen MR) is 121 cm³/mol. The molecule has 160 valence electrons. The Bertz CT molecular complexity index is 985. The molecule has 3 rings (SSSR count). The van der Waals surface area contributed by atoms with Gasteiger partial charge in [0.1, 0.15) is 6.20 Å². The fraction of sp³-hybridized carbons (Fsp3) is 0.286. The number of benzene rings is 1. The van der Waals surface area contributed by atoms with Crippen molar-refractivity contribution in [2.75, 3.05) is 16.0 Å². The molecule has 1 aliphatic heterocycles. The zero-order valence-corrected chi connectivity index (χ0v) is 16.9. The van der Waals surface area contributed by atoms with Gasteiger partial charge in [0.15, 0.2) is 0 Å². The third-order valence-electron chi connectivity index (χ3n) is 4.48. The van der Waals surface area contributed by atoms with Gasteiger partial charge in [-0.1, -0.05) is 19.6 Å². The molecule has 0 bridgehead atoms. The maximum atomic E-state index is 12.1. The van der Waals surface area contributed by atoms with E-state index in [1.54, 1.807) is 12.1 Å². The molecule has 0 unspecified atom stereocenters. The highest BCUT2D eigenvalue weighted by Gasteiger charge is 2.38. The van der Waals surface area contributed by atoms with Crippen LogP contribution in [0.3, 0.4) is 0 Å². The number of nitro groups is 1.